The summed E-state index contributed by atoms with van der Waals surface area (Å²) in [6, 6.07) is 2.78. The Hall–Kier alpha value is -1.12. The van der Waals surface area contributed by atoms with Crippen LogP contribution in [0.4, 0.5) is 5.82 Å². The molecule has 0 radical (unpaired) electrons. The third-order valence-electron chi connectivity index (χ3n) is 5.67. The lowest BCUT2D eigenvalue weighted by molar-refractivity contribution is 0.456. The van der Waals surface area contributed by atoms with Crippen LogP contribution in [0.2, 0.25) is 0 Å². The number of nitrogens with zero attached hydrogens (tertiary/aromatic N) is 2. The molecule has 4 saturated carbocycles. The molecule has 5 rings (SSSR count). The van der Waals surface area contributed by atoms with Gasteiger partial charge in [-0.3, -0.25) is 0 Å². The third kappa shape index (κ3) is 1.30. The molecule has 4 atom stereocenters. The van der Waals surface area contributed by atoms with E-state index < -0.39 is 0 Å². The number of hydrogen-bond acceptors (Lipinski definition) is 3. The van der Waals surface area contributed by atoms with Crippen LogP contribution in [0.1, 0.15) is 43.8 Å². The molecule has 0 spiro atoms. The van der Waals surface area contributed by atoms with Crippen molar-refractivity contribution in [2.75, 3.05) is 5.32 Å². The Kier molecular flexibility index (Phi) is 1.76. The minimum absolute atomic E-state index is 0.654. The highest BCUT2D eigenvalue weighted by Gasteiger charge is 2.65. The highest BCUT2D eigenvalue weighted by atomic mass is 15.1. The maximum atomic E-state index is 4.69. The van der Waals surface area contributed by atoms with E-state index in [1.165, 1.54) is 32.1 Å². The summed E-state index contributed by atoms with van der Waals surface area (Å²) >= 11 is 0. The van der Waals surface area contributed by atoms with E-state index in [2.05, 4.69) is 10.3 Å². The average Bonchev–Trinajstić information content (AvgIpc) is 3.29. The number of rotatable bonds is 3. The van der Waals surface area contributed by atoms with Crippen molar-refractivity contribution in [1.29, 1.82) is 0 Å². The van der Waals surface area contributed by atoms with Crippen LogP contribution in [0.5, 0.6) is 0 Å². The second-order valence-electron chi connectivity index (χ2n) is 6.73. The van der Waals surface area contributed by atoms with Gasteiger partial charge in [0.1, 0.15) is 11.6 Å². The molecule has 4 fully saturated rings. The van der Waals surface area contributed by atoms with Crippen LogP contribution < -0.4 is 5.32 Å². The second-order valence-corrected chi connectivity index (χ2v) is 6.73. The topological polar surface area (TPSA) is 37.8 Å². The molecule has 2 bridgehead atoms. The average molecular weight is 241 g/mol. The zero-order valence-electron chi connectivity index (χ0n) is 10.5. The molecule has 0 aromatic carbocycles. The van der Waals surface area contributed by atoms with E-state index in [1.54, 1.807) is 0 Å². The third-order valence-corrected chi connectivity index (χ3v) is 5.67. The first-order valence-electron chi connectivity index (χ1n) is 7.49. The van der Waals surface area contributed by atoms with Gasteiger partial charge in [0.25, 0.3) is 0 Å². The number of aromatic nitrogens is 2. The van der Waals surface area contributed by atoms with Gasteiger partial charge in [-0.25, -0.2) is 9.97 Å². The van der Waals surface area contributed by atoms with E-state index >= 15 is 0 Å². The van der Waals surface area contributed by atoms with Crippen LogP contribution >= 0.6 is 0 Å². The summed E-state index contributed by atoms with van der Waals surface area (Å²) in [4.78, 5) is 9.08. The molecule has 3 nitrogen and oxygen atoms in total. The van der Waals surface area contributed by atoms with E-state index in [0.717, 1.165) is 41.4 Å². The van der Waals surface area contributed by atoms with Crippen molar-refractivity contribution >= 4 is 5.82 Å². The number of nitrogens with one attached hydrogen (secondary N) is 1. The van der Waals surface area contributed by atoms with E-state index in [4.69, 9.17) is 4.98 Å². The van der Waals surface area contributed by atoms with Crippen molar-refractivity contribution < 1.29 is 0 Å². The van der Waals surface area contributed by atoms with Crippen LogP contribution in [0.3, 0.4) is 0 Å². The Morgan fingerprint density at radius 3 is 2.56 bits per heavy atom. The molecule has 94 valence electrons. The smallest absolute Gasteiger partial charge is 0.133 e. The van der Waals surface area contributed by atoms with Gasteiger partial charge in [0.05, 0.1) is 0 Å². The maximum absolute atomic E-state index is 4.69. The number of fused-ring (bicyclic) bond motifs is 5. The molecule has 4 aliphatic rings. The van der Waals surface area contributed by atoms with Crippen LogP contribution in [-0.2, 0) is 0 Å². The standard InChI is InChI=1S/C15H19N3/c1-2-8(1)15-16-6-5-11(18-15)17-14-12-9-3-4-10(7-9)13(12)14/h5-6,8-10,12-14H,1-4,7H2,(H,16,17,18). The molecular formula is C15H19N3. The Balaban J connectivity index is 1.34. The zero-order chi connectivity index (χ0) is 11.7. The van der Waals surface area contributed by atoms with Gasteiger partial charge in [0, 0.05) is 18.2 Å². The molecule has 3 heteroatoms. The highest BCUT2D eigenvalue weighted by molar-refractivity contribution is 5.40. The van der Waals surface area contributed by atoms with Gasteiger partial charge in [-0.2, -0.15) is 0 Å². The maximum Gasteiger partial charge on any atom is 0.133 e. The summed E-state index contributed by atoms with van der Waals surface area (Å²) in [6.45, 7) is 0. The van der Waals surface area contributed by atoms with Gasteiger partial charge in [0.2, 0.25) is 0 Å². The Bertz CT molecular complexity index is 480. The van der Waals surface area contributed by atoms with Crippen molar-refractivity contribution in [3.63, 3.8) is 0 Å². The fraction of sp³-hybridized carbons (Fsp3) is 0.733. The number of anilines is 1. The lowest BCUT2D eigenvalue weighted by Gasteiger charge is -2.11. The lowest BCUT2D eigenvalue weighted by Crippen LogP contribution is -2.14. The summed E-state index contributed by atoms with van der Waals surface area (Å²) < 4.78 is 0. The molecule has 1 aromatic rings. The molecule has 18 heavy (non-hydrogen) atoms. The first kappa shape index (κ1) is 9.76. The van der Waals surface area contributed by atoms with Crippen molar-refractivity contribution in [3.05, 3.63) is 18.1 Å². The summed E-state index contributed by atoms with van der Waals surface area (Å²) in [7, 11) is 0. The monoisotopic (exact) mass is 241 g/mol. The first-order chi connectivity index (χ1) is 8.90. The van der Waals surface area contributed by atoms with Crippen LogP contribution in [-0.4, -0.2) is 16.0 Å². The minimum Gasteiger partial charge on any atom is -0.367 e. The summed E-state index contributed by atoms with van der Waals surface area (Å²) in [5.41, 5.74) is 0. The Labute approximate surface area is 107 Å². The van der Waals surface area contributed by atoms with Crippen molar-refractivity contribution in [1.82, 2.24) is 9.97 Å². The molecule has 1 aromatic heterocycles. The van der Waals surface area contributed by atoms with Gasteiger partial charge >= 0.3 is 0 Å². The summed E-state index contributed by atoms with van der Waals surface area (Å²) in [6.07, 6.45) is 8.98. The molecule has 0 saturated heterocycles. The molecule has 0 amide bonds. The van der Waals surface area contributed by atoms with E-state index in [1.807, 2.05) is 12.3 Å². The lowest BCUT2D eigenvalue weighted by atomic mass is 10.0. The molecule has 4 unspecified atom stereocenters. The molecular weight excluding hydrogens is 222 g/mol. The molecule has 4 aliphatic carbocycles. The molecule has 1 N–H and O–H groups in total. The van der Waals surface area contributed by atoms with Crippen LogP contribution in [0.25, 0.3) is 0 Å². The minimum atomic E-state index is 0.654. The molecule has 0 aliphatic heterocycles. The number of hydrogen-bond donors (Lipinski definition) is 1. The van der Waals surface area contributed by atoms with E-state index in [9.17, 15) is 0 Å². The quantitative estimate of drug-likeness (QED) is 0.884. The fourth-order valence-corrected chi connectivity index (χ4v) is 4.68. The van der Waals surface area contributed by atoms with Gasteiger partial charge in [-0.05, 0) is 61.8 Å². The van der Waals surface area contributed by atoms with Gasteiger partial charge < -0.3 is 5.32 Å². The van der Waals surface area contributed by atoms with Gasteiger partial charge in [-0.15, -0.1) is 0 Å². The van der Waals surface area contributed by atoms with Crippen molar-refractivity contribution in [3.8, 4) is 0 Å². The summed E-state index contributed by atoms with van der Waals surface area (Å²) in [5.74, 6) is 6.80. The van der Waals surface area contributed by atoms with Gasteiger partial charge in [-0.1, -0.05) is 0 Å². The second kappa shape index (κ2) is 3.25. The van der Waals surface area contributed by atoms with Crippen molar-refractivity contribution in [2.45, 2.75) is 44.1 Å². The SMILES string of the molecule is c1cc(NC2C3C4CCC(C4)C23)nc(C2CC2)n1. The van der Waals surface area contributed by atoms with E-state index in [0.29, 0.717) is 5.92 Å². The first-order valence-corrected chi connectivity index (χ1v) is 7.49. The molecule has 1 heterocycles. The summed E-state index contributed by atoms with van der Waals surface area (Å²) in [5, 5.41) is 3.69. The Morgan fingerprint density at radius 2 is 1.83 bits per heavy atom. The van der Waals surface area contributed by atoms with Crippen LogP contribution in [0.15, 0.2) is 12.3 Å². The highest BCUT2D eigenvalue weighted by Crippen LogP contribution is 2.66. The predicted molar refractivity (Wildman–Crippen MR) is 69.2 cm³/mol. The zero-order valence-corrected chi connectivity index (χ0v) is 10.5. The van der Waals surface area contributed by atoms with E-state index in [-0.39, 0.29) is 0 Å². The largest absolute Gasteiger partial charge is 0.367 e. The fourth-order valence-electron chi connectivity index (χ4n) is 4.68. The van der Waals surface area contributed by atoms with Crippen LogP contribution in [0, 0.1) is 23.7 Å². The normalized spacial score (nSPS) is 43.9. The van der Waals surface area contributed by atoms with Gasteiger partial charge in [0.15, 0.2) is 0 Å². The Morgan fingerprint density at radius 1 is 1.06 bits per heavy atom. The predicted octanol–water partition coefficient (Wildman–Crippen LogP) is 2.81. The van der Waals surface area contributed by atoms with Crippen molar-refractivity contribution in [2.24, 2.45) is 23.7 Å².